The Bertz CT molecular complexity index is 1370. The first-order chi connectivity index (χ1) is 18.7. The molecule has 0 saturated heterocycles. The molecule has 1 aromatic carbocycles. The number of aromatic nitrogens is 3. The fourth-order valence-electron chi connectivity index (χ4n) is 5.30. The Hall–Kier alpha value is -3.60. The summed E-state index contributed by atoms with van der Waals surface area (Å²) in [4.78, 5) is 37.4. The van der Waals surface area contributed by atoms with Crippen LogP contribution in [0.3, 0.4) is 0 Å². The van der Waals surface area contributed by atoms with Crippen molar-refractivity contribution in [1.29, 1.82) is 0 Å². The molecular weight excluding hydrogens is 508 g/mol. The molecule has 2 aliphatic rings. The van der Waals surface area contributed by atoms with E-state index in [1.165, 1.54) is 25.6 Å². The number of hydrogen-bond acceptors (Lipinski definition) is 6. The summed E-state index contributed by atoms with van der Waals surface area (Å²) in [5.74, 6) is 0.615. The van der Waals surface area contributed by atoms with Crippen LogP contribution in [0.2, 0.25) is 0 Å². The first-order valence-corrected chi connectivity index (χ1v) is 13.2. The topological polar surface area (TPSA) is 118 Å². The van der Waals surface area contributed by atoms with Crippen molar-refractivity contribution in [1.82, 2.24) is 25.6 Å². The highest BCUT2D eigenvalue weighted by atomic mass is 19.3. The van der Waals surface area contributed by atoms with Gasteiger partial charge in [-0.3, -0.25) is 9.59 Å². The standard InChI is InChI=1S/C28H33F2N5O4/c1-14-8-18(34-22(36)12-38-3)10-20(14)35-28(37)23-15(2)33-26-24(31-13-32-25(23)26)19-9-17(27(29)30)6-7-21(19)39-11-16-4-5-16/h6-7,9,13-14,16,18,20,27,33H,4-5,8,10-12H2,1-3H3,(H,34,36)(H,35,37)/t14-,18+,20-/m1/s1. The Morgan fingerprint density at radius 2 is 1.97 bits per heavy atom. The molecule has 0 unspecified atom stereocenters. The molecule has 9 nitrogen and oxygen atoms in total. The molecule has 39 heavy (non-hydrogen) atoms. The molecule has 2 heterocycles. The lowest BCUT2D eigenvalue weighted by Crippen LogP contribution is -2.39. The average molecular weight is 542 g/mol. The molecular formula is C28H33F2N5O4. The predicted molar refractivity (Wildman–Crippen MR) is 141 cm³/mol. The molecule has 0 aliphatic heterocycles. The summed E-state index contributed by atoms with van der Waals surface area (Å²) in [5.41, 5.74) is 2.52. The number of fused-ring (bicyclic) bond motifs is 1. The summed E-state index contributed by atoms with van der Waals surface area (Å²) in [6, 6.07) is 4.12. The van der Waals surface area contributed by atoms with Gasteiger partial charge in [0, 0.05) is 36.0 Å². The maximum Gasteiger partial charge on any atom is 0.263 e. The smallest absolute Gasteiger partial charge is 0.263 e. The summed E-state index contributed by atoms with van der Waals surface area (Å²) >= 11 is 0. The number of alkyl halides is 2. The minimum atomic E-state index is -2.65. The van der Waals surface area contributed by atoms with E-state index in [0.29, 0.717) is 58.2 Å². The Kier molecular flexibility index (Phi) is 7.79. The highest BCUT2D eigenvalue weighted by Gasteiger charge is 2.34. The van der Waals surface area contributed by atoms with Gasteiger partial charge in [0.1, 0.15) is 29.9 Å². The second-order valence-electron chi connectivity index (χ2n) is 10.6. The summed E-state index contributed by atoms with van der Waals surface area (Å²) in [6.45, 7) is 4.31. The van der Waals surface area contributed by atoms with Crippen LogP contribution in [0.15, 0.2) is 24.5 Å². The van der Waals surface area contributed by atoms with E-state index in [0.717, 1.165) is 19.3 Å². The van der Waals surface area contributed by atoms with E-state index >= 15 is 0 Å². The van der Waals surface area contributed by atoms with Gasteiger partial charge >= 0.3 is 0 Å². The number of aromatic amines is 1. The minimum absolute atomic E-state index is 0.00790. The van der Waals surface area contributed by atoms with Gasteiger partial charge in [-0.2, -0.15) is 0 Å². The van der Waals surface area contributed by atoms with E-state index in [1.54, 1.807) is 13.0 Å². The van der Waals surface area contributed by atoms with Crippen LogP contribution in [0, 0.1) is 18.8 Å². The Balaban J connectivity index is 1.42. The molecule has 2 saturated carbocycles. The molecule has 2 aliphatic carbocycles. The third kappa shape index (κ3) is 5.88. The monoisotopic (exact) mass is 541 g/mol. The summed E-state index contributed by atoms with van der Waals surface area (Å²) in [6.07, 6.45) is 2.21. The number of aryl methyl sites for hydroxylation is 1. The van der Waals surface area contributed by atoms with Gasteiger partial charge < -0.3 is 25.1 Å². The Morgan fingerprint density at radius 3 is 2.69 bits per heavy atom. The maximum atomic E-state index is 13.6. The SMILES string of the molecule is COCC(=O)N[C@H]1C[C@@H](C)[C@H](NC(=O)c2c(C)[nH]c3c(-c4cc(C(F)F)ccc4OCC4CC4)ncnc23)C1. The summed E-state index contributed by atoms with van der Waals surface area (Å²) in [5, 5.41) is 6.05. The van der Waals surface area contributed by atoms with Gasteiger partial charge in [-0.1, -0.05) is 6.92 Å². The molecule has 0 radical (unpaired) electrons. The number of H-pyrrole nitrogens is 1. The van der Waals surface area contributed by atoms with E-state index < -0.39 is 6.43 Å². The minimum Gasteiger partial charge on any atom is -0.493 e. The van der Waals surface area contributed by atoms with Crippen LogP contribution < -0.4 is 15.4 Å². The van der Waals surface area contributed by atoms with Gasteiger partial charge in [0.05, 0.1) is 17.7 Å². The number of nitrogens with one attached hydrogen (secondary N) is 3. The second kappa shape index (κ2) is 11.3. The number of benzene rings is 1. The van der Waals surface area contributed by atoms with Crippen LogP contribution in [0.1, 0.15) is 60.6 Å². The molecule has 2 amide bonds. The first-order valence-electron chi connectivity index (χ1n) is 13.2. The number of methoxy groups -OCH3 is 1. The lowest BCUT2D eigenvalue weighted by atomic mass is 10.0. The van der Waals surface area contributed by atoms with Gasteiger partial charge in [-0.15, -0.1) is 0 Å². The van der Waals surface area contributed by atoms with Crippen molar-refractivity contribution in [3.63, 3.8) is 0 Å². The van der Waals surface area contributed by atoms with Crippen molar-refractivity contribution >= 4 is 22.8 Å². The molecule has 3 N–H and O–H groups in total. The average Bonchev–Trinajstić information content (AvgIpc) is 3.57. The fraction of sp³-hybridized carbons (Fsp3) is 0.500. The number of halogens is 2. The van der Waals surface area contributed by atoms with Crippen molar-refractivity contribution in [3.05, 3.63) is 41.3 Å². The van der Waals surface area contributed by atoms with Crippen LogP contribution in [-0.2, 0) is 9.53 Å². The van der Waals surface area contributed by atoms with Crippen molar-refractivity contribution in [3.8, 4) is 17.0 Å². The zero-order valence-electron chi connectivity index (χ0n) is 22.2. The molecule has 3 atom stereocenters. The van der Waals surface area contributed by atoms with Crippen LogP contribution in [0.4, 0.5) is 8.78 Å². The van der Waals surface area contributed by atoms with Crippen LogP contribution in [-0.4, -0.2) is 59.2 Å². The van der Waals surface area contributed by atoms with E-state index in [-0.39, 0.29) is 42.0 Å². The Morgan fingerprint density at radius 1 is 1.18 bits per heavy atom. The third-order valence-corrected chi connectivity index (χ3v) is 7.52. The number of carbonyl (C=O) groups is 2. The van der Waals surface area contributed by atoms with Crippen molar-refractivity contribution in [2.24, 2.45) is 11.8 Å². The first kappa shape index (κ1) is 27.0. The number of carbonyl (C=O) groups excluding carboxylic acids is 2. The van der Waals surface area contributed by atoms with Crippen molar-refractivity contribution in [2.45, 2.75) is 58.0 Å². The number of rotatable bonds is 10. The van der Waals surface area contributed by atoms with Gasteiger partial charge in [-0.05, 0) is 62.6 Å². The zero-order chi connectivity index (χ0) is 27.7. The normalized spacial score (nSPS) is 20.9. The quantitative estimate of drug-likeness (QED) is 0.352. The van der Waals surface area contributed by atoms with E-state index in [2.05, 4.69) is 25.6 Å². The molecule has 11 heteroatoms. The third-order valence-electron chi connectivity index (χ3n) is 7.52. The highest BCUT2D eigenvalue weighted by molar-refractivity contribution is 6.09. The number of hydrogen-bond donors (Lipinski definition) is 3. The molecule has 3 aromatic rings. The molecule has 0 bridgehead atoms. The number of ether oxygens (including phenoxy) is 2. The zero-order valence-corrected chi connectivity index (χ0v) is 22.2. The maximum absolute atomic E-state index is 13.6. The second-order valence-corrected chi connectivity index (χ2v) is 10.6. The molecule has 5 rings (SSSR count). The Labute approximate surface area is 225 Å². The molecule has 208 valence electrons. The van der Waals surface area contributed by atoms with E-state index in [9.17, 15) is 18.4 Å². The largest absolute Gasteiger partial charge is 0.493 e. The number of nitrogens with zero attached hydrogens (tertiary/aromatic N) is 2. The van der Waals surface area contributed by atoms with Gasteiger partial charge in [-0.25, -0.2) is 18.7 Å². The highest BCUT2D eigenvalue weighted by Crippen LogP contribution is 2.38. The lowest BCUT2D eigenvalue weighted by molar-refractivity contribution is -0.125. The summed E-state index contributed by atoms with van der Waals surface area (Å²) < 4.78 is 38.1. The van der Waals surface area contributed by atoms with Gasteiger partial charge in [0.2, 0.25) is 5.91 Å². The van der Waals surface area contributed by atoms with Crippen LogP contribution in [0.5, 0.6) is 5.75 Å². The van der Waals surface area contributed by atoms with E-state index in [1.807, 2.05) is 6.92 Å². The van der Waals surface area contributed by atoms with Crippen LogP contribution in [0.25, 0.3) is 22.3 Å². The van der Waals surface area contributed by atoms with Crippen molar-refractivity contribution in [2.75, 3.05) is 20.3 Å². The summed E-state index contributed by atoms with van der Waals surface area (Å²) in [7, 11) is 1.47. The van der Waals surface area contributed by atoms with Gasteiger partial charge in [0.15, 0.2) is 0 Å². The molecule has 2 fully saturated rings. The lowest BCUT2D eigenvalue weighted by Gasteiger charge is -2.17. The number of amides is 2. The van der Waals surface area contributed by atoms with Crippen LogP contribution >= 0.6 is 0 Å². The van der Waals surface area contributed by atoms with Crippen molar-refractivity contribution < 1.29 is 27.8 Å². The predicted octanol–water partition coefficient (Wildman–Crippen LogP) is 4.32. The molecule has 0 spiro atoms. The molecule has 2 aromatic heterocycles. The van der Waals surface area contributed by atoms with Gasteiger partial charge in [0.25, 0.3) is 12.3 Å². The van der Waals surface area contributed by atoms with E-state index in [4.69, 9.17) is 9.47 Å². The fourth-order valence-corrected chi connectivity index (χ4v) is 5.30.